The molecule has 1 saturated carbocycles. The van der Waals surface area contributed by atoms with E-state index in [1.54, 1.807) is 20.8 Å². The maximum atomic E-state index is 11.9. The molecule has 22 heavy (non-hydrogen) atoms. The summed E-state index contributed by atoms with van der Waals surface area (Å²) in [7, 11) is 0. The molecule has 0 spiro atoms. The van der Waals surface area contributed by atoms with Crippen molar-refractivity contribution in [1.29, 1.82) is 0 Å². The van der Waals surface area contributed by atoms with E-state index in [9.17, 15) is 9.59 Å². The van der Waals surface area contributed by atoms with Crippen LogP contribution in [0, 0.1) is 0 Å². The Morgan fingerprint density at radius 1 is 1.36 bits per heavy atom. The fraction of sp³-hybridized carbons (Fsp3) is 0.529. The summed E-state index contributed by atoms with van der Waals surface area (Å²) >= 11 is 0. The zero-order chi connectivity index (χ0) is 16.3. The molecule has 1 aromatic carbocycles. The van der Waals surface area contributed by atoms with Crippen molar-refractivity contribution in [2.45, 2.75) is 57.6 Å². The van der Waals surface area contributed by atoms with Crippen LogP contribution in [-0.4, -0.2) is 22.8 Å². The summed E-state index contributed by atoms with van der Waals surface area (Å²) in [4.78, 5) is 23.0. The highest BCUT2D eigenvalue weighted by Crippen LogP contribution is 2.40. The van der Waals surface area contributed by atoms with Gasteiger partial charge < -0.3 is 15.2 Å². The van der Waals surface area contributed by atoms with Gasteiger partial charge in [-0.25, -0.2) is 4.79 Å². The van der Waals surface area contributed by atoms with Gasteiger partial charge in [-0.3, -0.25) is 4.79 Å². The van der Waals surface area contributed by atoms with Crippen molar-refractivity contribution in [3.63, 3.8) is 0 Å². The molecule has 1 amide bonds. The fourth-order valence-corrected chi connectivity index (χ4v) is 2.32. The first kappa shape index (κ1) is 16.3. The number of carbonyl (C=O) groups is 2. The molecule has 1 atom stereocenters. The number of nitrogens with one attached hydrogen (secondary N) is 1. The summed E-state index contributed by atoms with van der Waals surface area (Å²) in [6, 6.07) is 7.20. The Labute approximate surface area is 130 Å². The molecule has 120 valence electrons. The summed E-state index contributed by atoms with van der Waals surface area (Å²) < 4.78 is 5.22. The standard InChI is InChI=1S/C17H23NO4/c1-17(2,3)22-16(21)18-14(10-15(19)20)13-6-4-5-12(9-13)11-7-8-11/h4-6,9,11,14H,7-8,10H2,1-3H3,(H,18,21)(H,19,20)/t14-/m0/s1. The third-order valence-corrected chi connectivity index (χ3v) is 3.43. The van der Waals surface area contributed by atoms with Crippen LogP contribution < -0.4 is 5.32 Å². The minimum Gasteiger partial charge on any atom is -0.481 e. The Kier molecular flexibility index (Phi) is 4.74. The van der Waals surface area contributed by atoms with Gasteiger partial charge >= 0.3 is 12.1 Å². The predicted molar refractivity (Wildman–Crippen MR) is 82.8 cm³/mol. The van der Waals surface area contributed by atoms with Crippen molar-refractivity contribution in [1.82, 2.24) is 5.32 Å². The summed E-state index contributed by atoms with van der Waals surface area (Å²) in [5.74, 6) is -0.384. The van der Waals surface area contributed by atoms with Crippen molar-refractivity contribution in [3.05, 3.63) is 35.4 Å². The quantitative estimate of drug-likeness (QED) is 0.871. The molecule has 5 heteroatoms. The van der Waals surface area contributed by atoms with E-state index in [1.165, 1.54) is 18.4 Å². The number of aliphatic carboxylic acids is 1. The van der Waals surface area contributed by atoms with E-state index in [0.29, 0.717) is 5.92 Å². The van der Waals surface area contributed by atoms with Crippen molar-refractivity contribution >= 4 is 12.1 Å². The van der Waals surface area contributed by atoms with E-state index in [2.05, 4.69) is 5.32 Å². The number of hydrogen-bond acceptors (Lipinski definition) is 3. The van der Waals surface area contributed by atoms with Gasteiger partial charge in [0.2, 0.25) is 0 Å². The van der Waals surface area contributed by atoms with Gasteiger partial charge in [0.15, 0.2) is 0 Å². The van der Waals surface area contributed by atoms with Gasteiger partial charge in [-0.1, -0.05) is 24.3 Å². The van der Waals surface area contributed by atoms with Gasteiger partial charge in [-0.15, -0.1) is 0 Å². The molecule has 5 nitrogen and oxygen atoms in total. The second kappa shape index (κ2) is 6.38. The lowest BCUT2D eigenvalue weighted by Gasteiger charge is -2.23. The average Bonchev–Trinajstić information content (AvgIpc) is 3.19. The van der Waals surface area contributed by atoms with Gasteiger partial charge in [0.1, 0.15) is 5.60 Å². The smallest absolute Gasteiger partial charge is 0.408 e. The summed E-state index contributed by atoms with van der Waals surface area (Å²) in [5, 5.41) is 11.8. The van der Waals surface area contributed by atoms with Crippen LogP contribution in [-0.2, 0) is 9.53 Å². The second-order valence-electron chi connectivity index (χ2n) is 6.74. The number of carboxylic acid groups (broad SMARTS) is 1. The molecule has 1 fully saturated rings. The van der Waals surface area contributed by atoms with Crippen molar-refractivity contribution < 1.29 is 19.4 Å². The molecule has 1 aromatic rings. The number of alkyl carbamates (subject to hydrolysis) is 1. The van der Waals surface area contributed by atoms with Crippen LogP contribution in [0.3, 0.4) is 0 Å². The van der Waals surface area contributed by atoms with Crippen LogP contribution >= 0.6 is 0 Å². The minimum absolute atomic E-state index is 0.173. The van der Waals surface area contributed by atoms with E-state index < -0.39 is 23.7 Å². The third kappa shape index (κ3) is 5.06. The van der Waals surface area contributed by atoms with Crippen LogP contribution in [0.15, 0.2) is 24.3 Å². The average molecular weight is 305 g/mol. The third-order valence-electron chi connectivity index (χ3n) is 3.43. The molecule has 0 bridgehead atoms. The minimum atomic E-state index is -0.960. The molecule has 0 radical (unpaired) electrons. The number of rotatable bonds is 5. The van der Waals surface area contributed by atoms with E-state index in [4.69, 9.17) is 9.84 Å². The molecule has 0 aliphatic heterocycles. The van der Waals surface area contributed by atoms with Crippen LogP contribution in [0.1, 0.15) is 63.1 Å². The van der Waals surface area contributed by atoms with Crippen LogP contribution in [0.2, 0.25) is 0 Å². The van der Waals surface area contributed by atoms with Crippen molar-refractivity contribution in [2.75, 3.05) is 0 Å². The first-order valence-electron chi connectivity index (χ1n) is 7.56. The Bertz CT molecular complexity index is 558. The van der Waals surface area contributed by atoms with Gasteiger partial charge in [0.05, 0.1) is 12.5 Å². The Hall–Kier alpha value is -2.04. The lowest BCUT2D eigenvalue weighted by atomic mass is 9.99. The van der Waals surface area contributed by atoms with Crippen molar-refractivity contribution in [2.24, 2.45) is 0 Å². The number of amides is 1. The maximum absolute atomic E-state index is 11.9. The Balaban J connectivity index is 2.13. The van der Waals surface area contributed by atoms with Crippen LogP contribution in [0.5, 0.6) is 0 Å². The topological polar surface area (TPSA) is 75.6 Å². The monoisotopic (exact) mass is 305 g/mol. The summed E-state index contributed by atoms with van der Waals surface area (Å²) in [5.41, 5.74) is 1.39. The lowest BCUT2D eigenvalue weighted by Crippen LogP contribution is -2.35. The normalized spacial score (nSPS) is 16.0. The highest BCUT2D eigenvalue weighted by atomic mass is 16.6. The number of carbonyl (C=O) groups excluding carboxylic acids is 1. The highest BCUT2D eigenvalue weighted by molar-refractivity contribution is 5.72. The second-order valence-corrected chi connectivity index (χ2v) is 6.74. The number of benzene rings is 1. The maximum Gasteiger partial charge on any atom is 0.408 e. The lowest BCUT2D eigenvalue weighted by molar-refractivity contribution is -0.137. The summed E-state index contributed by atoms with van der Waals surface area (Å²) in [6.45, 7) is 5.31. The molecule has 1 aliphatic carbocycles. The molecule has 0 saturated heterocycles. The van der Waals surface area contributed by atoms with Gasteiger partial charge in [-0.2, -0.15) is 0 Å². The number of carboxylic acids is 1. The van der Waals surface area contributed by atoms with Gasteiger partial charge in [0, 0.05) is 0 Å². The number of ether oxygens (including phenoxy) is 1. The molecule has 2 rings (SSSR count). The van der Waals surface area contributed by atoms with E-state index in [0.717, 1.165) is 5.56 Å². The molecular formula is C17H23NO4. The van der Waals surface area contributed by atoms with E-state index in [-0.39, 0.29) is 6.42 Å². The largest absolute Gasteiger partial charge is 0.481 e. The molecular weight excluding hydrogens is 282 g/mol. The highest BCUT2D eigenvalue weighted by Gasteiger charge is 2.26. The van der Waals surface area contributed by atoms with Crippen LogP contribution in [0.4, 0.5) is 4.79 Å². The van der Waals surface area contributed by atoms with E-state index >= 15 is 0 Å². The SMILES string of the molecule is CC(C)(C)OC(=O)N[C@@H](CC(=O)O)c1cccc(C2CC2)c1. The zero-order valence-electron chi connectivity index (χ0n) is 13.3. The molecule has 0 aromatic heterocycles. The first-order chi connectivity index (χ1) is 10.2. The number of hydrogen-bond donors (Lipinski definition) is 2. The zero-order valence-corrected chi connectivity index (χ0v) is 13.3. The van der Waals surface area contributed by atoms with Gasteiger partial charge in [0.25, 0.3) is 0 Å². The molecule has 0 unspecified atom stereocenters. The predicted octanol–water partition coefficient (Wildman–Crippen LogP) is 3.60. The van der Waals surface area contributed by atoms with Crippen molar-refractivity contribution in [3.8, 4) is 0 Å². The first-order valence-corrected chi connectivity index (χ1v) is 7.56. The van der Waals surface area contributed by atoms with E-state index in [1.807, 2.05) is 24.3 Å². The van der Waals surface area contributed by atoms with Gasteiger partial charge in [-0.05, 0) is 50.7 Å². The molecule has 2 N–H and O–H groups in total. The Morgan fingerprint density at radius 2 is 2.05 bits per heavy atom. The fourth-order valence-electron chi connectivity index (χ4n) is 2.32. The Morgan fingerprint density at radius 3 is 2.59 bits per heavy atom. The molecule has 1 aliphatic rings. The van der Waals surface area contributed by atoms with Crippen LogP contribution in [0.25, 0.3) is 0 Å². The molecule has 0 heterocycles. The summed E-state index contributed by atoms with van der Waals surface area (Å²) in [6.07, 6.45) is 1.57.